The normalized spacial score (nSPS) is 19.1. The van der Waals surface area contributed by atoms with Gasteiger partial charge in [0, 0.05) is 59.8 Å². The van der Waals surface area contributed by atoms with Crippen LogP contribution in [0.2, 0.25) is 0 Å². The molecule has 6 rings (SSSR count). The lowest BCUT2D eigenvalue weighted by molar-refractivity contribution is 0.244. The molecule has 172 valence electrons. The maximum Gasteiger partial charge on any atom is 0.0539 e. The van der Waals surface area contributed by atoms with Crippen molar-refractivity contribution < 1.29 is 0 Å². The van der Waals surface area contributed by atoms with E-state index < -0.39 is 0 Å². The minimum atomic E-state index is 0.570. The SMILES string of the molecule is C=CC(=C(C=CC)c1cc(C)cc2c3c([nH]c12)CCN1CCCC31)c1ccc2c(ccn2C)c1. The second kappa shape index (κ2) is 8.18. The Labute approximate surface area is 202 Å². The second-order valence-corrected chi connectivity index (χ2v) is 9.93. The zero-order valence-corrected chi connectivity index (χ0v) is 20.5. The molecule has 1 saturated heterocycles. The molecule has 1 atom stereocenters. The lowest BCUT2D eigenvalue weighted by Gasteiger charge is -2.30. The Bertz CT molecular complexity index is 1490. The van der Waals surface area contributed by atoms with Crippen LogP contribution in [0, 0.1) is 6.92 Å². The molecular formula is C31H33N3. The van der Waals surface area contributed by atoms with Crippen LogP contribution >= 0.6 is 0 Å². The molecule has 1 fully saturated rings. The van der Waals surface area contributed by atoms with Gasteiger partial charge in [0.1, 0.15) is 0 Å². The number of H-pyrrole nitrogens is 1. The fourth-order valence-electron chi connectivity index (χ4n) is 6.30. The highest BCUT2D eigenvalue weighted by atomic mass is 15.2. The van der Waals surface area contributed by atoms with Gasteiger partial charge in [-0.2, -0.15) is 0 Å². The first kappa shape index (κ1) is 21.2. The first-order valence-corrected chi connectivity index (χ1v) is 12.5. The molecule has 4 aromatic rings. The topological polar surface area (TPSA) is 24.0 Å². The number of aromatic nitrogens is 2. The maximum absolute atomic E-state index is 4.25. The van der Waals surface area contributed by atoms with Gasteiger partial charge in [-0.25, -0.2) is 0 Å². The summed E-state index contributed by atoms with van der Waals surface area (Å²) in [7, 11) is 2.10. The molecule has 0 aliphatic carbocycles. The van der Waals surface area contributed by atoms with Gasteiger partial charge in [-0.15, -0.1) is 0 Å². The van der Waals surface area contributed by atoms with Crippen LogP contribution in [0.4, 0.5) is 0 Å². The summed E-state index contributed by atoms with van der Waals surface area (Å²) in [6, 6.07) is 14.2. The molecule has 4 heterocycles. The predicted octanol–water partition coefficient (Wildman–Crippen LogP) is 7.33. The van der Waals surface area contributed by atoms with E-state index in [0.717, 1.165) is 6.42 Å². The molecule has 2 aromatic carbocycles. The number of hydrogen-bond donors (Lipinski definition) is 1. The van der Waals surface area contributed by atoms with Crippen molar-refractivity contribution in [3.05, 3.63) is 95.3 Å². The van der Waals surface area contributed by atoms with Gasteiger partial charge in [-0.1, -0.05) is 30.9 Å². The van der Waals surface area contributed by atoms with Crippen LogP contribution in [0.25, 0.3) is 33.0 Å². The molecule has 1 unspecified atom stereocenters. The molecule has 0 radical (unpaired) electrons. The lowest BCUT2D eigenvalue weighted by Crippen LogP contribution is -2.30. The van der Waals surface area contributed by atoms with Gasteiger partial charge in [0.05, 0.1) is 5.52 Å². The number of aryl methyl sites for hydroxylation is 2. The Hall–Kier alpha value is -3.30. The number of fused-ring (bicyclic) bond motifs is 6. The largest absolute Gasteiger partial charge is 0.358 e. The average molecular weight is 448 g/mol. The minimum Gasteiger partial charge on any atom is -0.358 e. The predicted molar refractivity (Wildman–Crippen MR) is 145 cm³/mol. The third-order valence-electron chi connectivity index (χ3n) is 7.83. The van der Waals surface area contributed by atoms with Crippen LogP contribution in [-0.4, -0.2) is 27.5 Å². The first-order chi connectivity index (χ1) is 16.6. The number of nitrogens with zero attached hydrogens (tertiary/aromatic N) is 2. The van der Waals surface area contributed by atoms with Gasteiger partial charge in [0.15, 0.2) is 0 Å². The zero-order chi connectivity index (χ0) is 23.4. The van der Waals surface area contributed by atoms with E-state index in [9.17, 15) is 0 Å². The van der Waals surface area contributed by atoms with Gasteiger partial charge in [0.25, 0.3) is 0 Å². The Kier molecular flexibility index (Phi) is 5.11. The molecule has 0 spiro atoms. The van der Waals surface area contributed by atoms with E-state index in [1.165, 1.54) is 81.3 Å². The summed E-state index contributed by atoms with van der Waals surface area (Å²) in [5, 5.41) is 2.66. The summed E-state index contributed by atoms with van der Waals surface area (Å²) in [4.78, 5) is 6.58. The van der Waals surface area contributed by atoms with E-state index in [2.05, 4.69) is 96.7 Å². The van der Waals surface area contributed by atoms with Crippen molar-refractivity contribution in [1.82, 2.24) is 14.5 Å². The number of hydrogen-bond acceptors (Lipinski definition) is 1. The summed E-state index contributed by atoms with van der Waals surface area (Å²) in [5.41, 5.74) is 11.7. The van der Waals surface area contributed by atoms with Crippen molar-refractivity contribution >= 4 is 33.0 Å². The lowest BCUT2D eigenvalue weighted by atomic mass is 9.89. The third kappa shape index (κ3) is 3.22. The molecule has 3 nitrogen and oxygen atoms in total. The molecule has 0 amide bonds. The highest BCUT2D eigenvalue weighted by Crippen LogP contribution is 2.44. The monoisotopic (exact) mass is 447 g/mol. The fourth-order valence-corrected chi connectivity index (χ4v) is 6.30. The van der Waals surface area contributed by atoms with Crippen LogP contribution < -0.4 is 0 Å². The summed E-state index contributed by atoms with van der Waals surface area (Å²) in [6.07, 6.45) is 12.2. The second-order valence-electron chi connectivity index (χ2n) is 9.93. The molecule has 2 aliphatic rings. The Morgan fingerprint density at radius 2 is 2.00 bits per heavy atom. The van der Waals surface area contributed by atoms with E-state index >= 15 is 0 Å². The standard InChI is InChI=1S/C31H33N3/c1-5-8-24(23(6-2)21-10-11-28-22(19-21)12-15-33(28)4)25-17-20(3)18-26-30-27(32-31(25)26)13-16-34-14-7-9-29(30)34/h5-6,8,10-12,15,17-19,29,32H,2,7,9,13-14,16H2,1,3-4H3. The first-order valence-electron chi connectivity index (χ1n) is 12.5. The van der Waals surface area contributed by atoms with E-state index in [0.29, 0.717) is 6.04 Å². The molecule has 1 N–H and O–H groups in total. The van der Waals surface area contributed by atoms with Crippen molar-refractivity contribution in [3.63, 3.8) is 0 Å². The molecule has 2 aromatic heterocycles. The Morgan fingerprint density at radius 3 is 2.82 bits per heavy atom. The maximum atomic E-state index is 4.25. The number of rotatable bonds is 4. The number of allylic oxidation sites excluding steroid dienone is 5. The summed E-state index contributed by atoms with van der Waals surface area (Å²) >= 11 is 0. The van der Waals surface area contributed by atoms with Crippen LogP contribution in [-0.2, 0) is 13.5 Å². The van der Waals surface area contributed by atoms with Crippen molar-refractivity contribution in [1.29, 1.82) is 0 Å². The quantitative estimate of drug-likeness (QED) is 0.257. The van der Waals surface area contributed by atoms with E-state index in [-0.39, 0.29) is 0 Å². The van der Waals surface area contributed by atoms with Crippen molar-refractivity contribution in [2.75, 3.05) is 13.1 Å². The minimum absolute atomic E-state index is 0.570. The zero-order valence-electron chi connectivity index (χ0n) is 20.5. The Balaban J connectivity index is 1.61. The van der Waals surface area contributed by atoms with Gasteiger partial charge < -0.3 is 9.55 Å². The third-order valence-corrected chi connectivity index (χ3v) is 7.83. The fraction of sp³-hybridized carbons (Fsp3) is 0.290. The van der Waals surface area contributed by atoms with Gasteiger partial charge in [0.2, 0.25) is 0 Å². The van der Waals surface area contributed by atoms with Gasteiger partial charge >= 0.3 is 0 Å². The molecule has 0 saturated carbocycles. The van der Waals surface area contributed by atoms with Crippen LogP contribution in [0.15, 0.2) is 67.4 Å². The van der Waals surface area contributed by atoms with Crippen molar-refractivity contribution in [2.24, 2.45) is 7.05 Å². The van der Waals surface area contributed by atoms with Crippen molar-refractivity contribution in [3.8, 4) is 0 Å². The van der Waals surface area contributed by atoms with Crippen molar-refractivity contribution in [2.45, 2.75) is 39.2 Å². The number of aromatic amines is 1. The average Bonchev–Trinajstić information content (AvgIpc) is 3.55. The van der Waals surface area contributed by atoms with Crippen LogP contribution in [0.3, 0.4) is 0 Å². The van der Waals surface area contributed by atoms with Gasteiger partial charge in [-0.05, 0) is 91.4 Å². The van der Waals surface area contributed by atoms with Gasteiger partial charge in [-0.3, -0.25) is 4.90 Å². The highest BCUT2D eigenvalue weighted by Gasteiger charge is 2.34. The molecule has 2 aliphatic heterocycles. The molecule has 0 bridgehead atoms. The smallest absolute Gasteiger partial charge is 0.0539 e. The number of benzene rings is 2. The van der Waals surface area contributed by atoms with E-state index in [1.807, 2.05) is 6.08 Å². The molecular weight excluding hydrogens is 414 g/mol. The summed E-state index contributed by atoms with van der Waals surface area (Å²) in [5.74, 6) is 0. The summed E-state index contributed by atoms with van der Waals surface area (Å²) < 4.78 is 2.17. The Morgan fingerprint density at radius 1 is 1.12 bits per heavy atom. The molecule has 34 heavy (non-hydrogen) atoms. The van der Waals surface area contributed by atoms with Crippen LogP contribution in [0.1, 0.15) is 53.8 Å². The highest BCUT2D eigenvalue weighted by molar-refractivity contribution is 6.07. The number of nitrogens with one attached hydrogen (secondary N) is 1. The summed E-state index contributed by atoms with van der Waals surface area (Å²) in [6.45, 7) is 11.0. The molecule has 3 heteroatoms. The van der Waals surface area contributed by atoms with Crippen LogP contribution in [0.5, 0.6) is 0 Å². The van der Waals surface area contributed by atoms with E-state index in [1.54, 1.807) is 5.56 Å². The van der Waals surface area contributed by atoms with E-state index in [4.69, 9.17) is 0 Å².